The first-order valence-corrected chi connectivity index (χ1v) is 9.48. The second-order valence-electron chi connectivity index (χ2n) is 6.65. The predicted molar refractivity (Wildman–Crippen MR) is 96.1 cm³/mol. The van der Waals surface area contributed by atoms with Crippen LogP contribution in [0.15, 0.2) is 21.9 Å². The first-order chi connectivity index (χ1) is 11.6. The Morgan fingerprint density at radius 3 is 2.92 bits per heavy atom. The molecule has 2 aromatic heterocycles. The van der Waals surface area contributed by atoms with E-state index in [4.69, 9.17) is 4.42 Å². The van der Waals surface area contributed by atoms with Gasteiger partial charge in [-0.15, -0.1) is 11.3 Å². The van der Waals surface area contributed by atoms with Crippen molar-refractivity contribution in [3.05, 3.63) is 29.0 Å². The Morgan fingerprint density at radius 1 is 1.42 bits per heavy atom. The third kappa shape index (κ3) is 4.68. The number of hydrogen-bond acceptors (Lipinski definition) is 5. The fourth-order valence-electron chi connectivity index (χ4n) is 3.04. The van der Waals surface area contributed by atoms with Crippen molar-refractivity contribution in [2.24, 2.45) is 5.92 Å². The normalized spacial score (nSPS) is 16.4. The summed E-state index contributed by atoms with van der Waals surface area (Å²) < 4.78 is 5.57. The second kappa shape index (κ2) is 7.94. The van der Waals surface area contributed by atoms with Crippen LogP contribution < -0.4 is 5.32 Å². The Balaban J connectivity index is 1.44. The minimum Gasteiger partial charge on any atom is -0.459 e. The average Bonchev–Trinajstić information content (AvgIpc) is 3.27. The smallest absolute Gasteiger partial charge is 0.226 e. The molecular weight excluding hydrogens is 322 g/mol. The Bertz CT molecular complexity index is 673. The Kier molecular flexibility index (Phi) is 5.68. The molecule has 1 aliphatic rings. The van der Waals surface area contributed by atoms with Gasteiger partial charge in [0.1, 0.15) is 5.76 Å². The number of thiazole rings is 1. The van der Waals surface area contributed by atoms with Gasteiger partial charge in [-0.3, -0.25) is 4.79 Å². The van der Waals surface area contributed by atoms with E-state index in [-0.39, 0.29) is 5.91 Å². The quantitative estimate of drug-likeness (QED) is 0.836. The lowest BCUT2D eigenvalue weighted by molar-refractivity contribution is -0.120. The van der Waals surface area contributed by atoms with Crippen LogP contribution in [0.2, 0.25) is 0 Å². The number of carbonyl (C=O) groups is 1. The monoisotopic (exact) mass is 347 g/mol. The predicted octanol–water partition coefficient (Wildman–Crippen LogP) is 3.10. The lowest BCUT2D eigenvalue weighted by Crippen LogP contribution is -2.35. The first kappa shape index (κ1) is 17.2. The van der Waals surface area contributed by atoms with E-state index >= 15 is 0 Å². The molecule has 2 aromatic rings. The van der Waals surface area contributed by atoms with Crippen molar-refractivity contribution < 1.29 is 9.21 Å². The highest BCUT2D eigenvalue weighted by atomic mass is 32.1. The summed E-state index contributed by atoms with van der Waals surface area (Å²) in [5, 5.41) is 5.79. The van der Waals surface area contributed by atoms with Crippen LogP contribution in [-0.4, -0.2) is 42.0 Å². The third-order valence-electron chi connectivity index (χ3n) is 4.26. The fraction of sp³-hybridized carbons (Fsp3) is 0.556. The van der Waals surface area contributed by atoms with Crippen LogP contribution in [-0.2, 0) is 11.2 Å². The van der Waals surface area contributed by atoms with E-state index in [0.29, 0.717) is 12.3 Å². The van der Waals surface area contributed by atoms with Gasteiger partial charge in [0.25, 0.3) is 0 Å². The maximum atomic E-state index is 12.1. The van der Waals surface area contributed by atoms with Crippen molar-refractivity contribution in [2.45, 2.75) is 33.1 Å². The van der Waals surface area contributed by atoms with Crippen LogP contribution in [0, 0.1) is 12.8 Å². The van der Waals surface area contributed by atoms with E-state index in [1.54, 1.807) is 0 Å². The Hall–Kier alpha value is -1.66. The number of aryl methyl sites for hydroxylation is 1. The van der Waals surface area contributed by atoms with Crippen molar-refractivity contribution >= 4 is 17.2 Å². The van der Waals surface area contributed by atoms with Gasteiger partial charge in [0.15, 0.2) is 10.8 Å². The van der Waals surface area contributed by atoms with Crippen LogP contribution >= 0.6 is 11.3 Å². The molecule has 1 N–H and O–H groups in total. The van der Waals surface area contributed by atoms with Gasteiger partial charge in [-0.05, 0) is 50.9 Å². The van der Waals surface area contributed by atoms with Gasteiger partial charge in [0.2, 0.25) is 5.91 Å². The maximum absolute atomic E-state index is 12.1. The van der Waals surface area contributed by atoms with Gasteiger partial charge < -0.3 is 14.6 Å². The van der Waals surface area contributed by atoms with Crippen molar-refractivity contribution in [3.63, 3.8) is 0 Å². The summed E-state index contributed by atoms with van der Waals surface area (Å²) >= 11 is 1.51. The summed E-state index contributed by atoms with van der Waals surface area (Å²) in [5.74, 6) is 2.15. The van der Waals surface area contributed by atoms with Crippen LogP contribution in [0.4, 0.5) is 0 Å². The molecule has 3 rings (SSSR count). The standard InChI is InChI=1S/C18H25N3O2S/c1-13(11-21-7-3-4-8-21)10-19-17(22)9-15-12-24-18(20-15)16-6-5-14(2)23-16/h5-6,12-13H,3-4,7-11H2,1-2H3,(H,19,22)/t13-/m0/s1. The molecule has 1 amide bonds. The number of rotatable bonds is 7. The molecule has 1 fully saturated rings. The van der Waals surface area contributed by atoms with Gasteiger partial charge in [-0.1, -0.05) is 6.92 Å². The highest BCUT2D eigenvalue weighted by molar-refractivity contribution is 7.13. The van der Waals surface area contributed by atoms with Gasteiger partial charge in [-0.25, -0.2) is 4.98 Å². The molecular formula is C18H25N3O2S. The Labute approximate surface area is 147 Å². The average molecular weight is 347 g/mol. The van der Waals surface area contributed by atoms with Crippen LogP contribution in [0.1, 0.15) is 31.2 Å². The molecule has 0 saturated carbocycles. The highest BCUT2D eigenvalue weighted by Gasteiger charge is 2.16. The molecule has 1 saturated heterocycles. The SMILES string of the molecule is Cc1ccc(-c2nc(CC(=O)NC[C@H](C)CN3CCCC3)cs2)o1. The molecule has 0 spiro atoms. The maximum Gasteiger partial charge on any atom is 0.226 e. The number of aromatic nitrogens is 1. The van der Waals surface area contributed by atoms with Gasteiger partial charge in [-0.2, -0.15) is 0 Å². The lowest BCUT2D eigenvalue weighted by atomic mass is 10.1. The Morgan fingerprint density at radius 2 is 2.21 bits per heavy atom. The fourth-order valence-corrected chi connectivity index (χ4v) is 3.82. The summed E-state index contributed by atoms with van der Waals surface area (Å²) in [5.41, 5.74) is 0.800. The van der Waals surface area contributed by atoms with E-state index in [9.17, 15) is 4.79 Å². The molecule has 0 radical (unpaired) electrons. The van der Waals surface area contributed by atoms with Crippen LogP contribution in [0.25, 0.3) is 10.8 Å². The van der Waals surface area contributed by atoms with E-state index < -0.39 is 0 Å². The van der Waals surface area contributed by atoms with Crippen molar-refractivity contribution in [1.29, 1.82) is 0 Å². The molecule has 1 atom stereocenters. The topological polar surface area (TPSA) is 58.4 Å². The molecule has 130 valence electrons. The number of likely N-dealkylation sites (tertiary alicyclic amines) is 1. The molecule has 0 unspecified atom stereocenters. The number of furan rings is 1. The summed E-state index contributed by atoms with van der Waals surface area (Å²) in [4.78, 5) is 19.1. The summed E-state index contributed by atoms with van der Waals surface area (Å²) in [6.07, 6.45) is 2.94. The molecule has 24 heavy (non-hydrogen) atoms. The zero-order valence-corrected chi connectivity index (χ0v) is 15.2. The molecule has 1 aliphatic heterocycles. The minimum atomic E-state index is 0.0377. The first-order valence-electron chi connectivity index (χ1n) is 8.60. The zero-order chi connectivity index (χ0) is 16.9. The minimum absolute atomic E-state index is 0.0377. The largest absolute Gasteiger partial charge is 0.459 e. The zero-order valence-electron chi connectivity index (χ0n) is 14.4. The number of nitrogens with one attached hydrogen (secondary N) is 1. The number of hydrogen-bond donors (Lipinski definition) is 1. The van der Waals surface area contributed by atoms with Crippen LogP contribution in [0.3, 0.4) is 0 Å². The van der Waals surface area contributed by atoms with Crippen molar-refractivity contribution in [3.8, 4) is 10.8 Å². The molecule has 5 nitrogen and oxygen atoms in total. The van der Waals surface area contributed by atoms with Gasteiger partial charge in [0, 0.05) is 18.5 Å². The molecule has 3 heterocycles. The van der Waals surface area contributed by atoms with E-state index in [1.807, 2.05) is 24.4 Å². The molecule has 0 aliphatic carbocycles. The molecule has 0 aromatic carbocycles. The van der Waals surface area contributed by atoms with Crippen LogP contribution in [0.5, 0.6) is 0 Å². The number of nitrogens with zero attached hydrogens (tertiary/aromatic N) is 2. The summed E-state index contributed by atoms with van der Waals surface area (Å²) in [7, 11) is 0. The van der Waals surface area contributed by atoms with Crippen molar-refractivity contribution in [2.75, 3.05) is 26.2 Å². The third-order valence-corrected chi connectivity index (χ3v) is 5.17. The van der Waals surface area contributed by atoms with Crippen molar-refractivity contribution in [1.82, 2.24) is 15.2 Å². The van der Waals surface area contributed by atoms with E-state index in [0.717, 1.165) is 35.3 Å². The second-order valence-corrected chi connectivity index (χ2v) is 7.51. The van der Waals surface area contributed by atoms with E-state index in [1.165, 1.54) is 37.3 Å². The summed E-state index contributed by atoms with van der Waals surface area (Å²) in [6.45, 7) is 8.30. The van der Waals surface area contributed by atoms with Gasteiger partial charge in [0.05, 0.1) is 12.1 Å². The number of carbonyl (C=O) groups excluding carboxylic acids is 1. The molecule has 0 bridgehead atoms. The van der Waals surface area contributed by atoms with Gasteiger partial charge >= 0.3 is 0 Å². The van der Waals surface area contributed by atoms with E-state index in [2.05, 4.69) is 22.1 Å². The number of amides is 1. The highest BCUT2D eigenvalue weighted by Crippen LogP contribution is 2.25. The lowest BCUT2D eigenvalue weighted by Gasteiger charge is -2.20. The molecule has 6 heteroatoms. The summed E-state index contributed by atoms with van der Waals surface area (Å²) in [6, 6.07) is 3.84.